The molecule has 0 fully saturated rings. The Labute approximate surface area is 112 Å². The van der Waals surface area contributed by atoms with Gasteiger partial charge in [-0.15, -0.1) is 0 Å². The first kappa shape index (κ1) is 13.2. The van der Waals surface area contributed by atoms with Gasteiger partial charge in [0.15, 0.2) is 0 Å². The molecule has 2 aromatic rings. The minimum absolute atomic E-state index is 0.0361. The van der Waals surface area contributed by atoms with Crippen LogP contribution in [0.15, 0.2) is 49.0 Å². The molecule has 0 aliphatic rings. The fourth-order valence-corrected chi connectivity index (χ4v) is 1.78. The molecule has 0 bridgehead atoms. The first-order chi connectivity index (χ1) is 9.17. The first-order valence-electron chi connectivity index (χ1n) is 5.98. The Morgan fingerprint density at radius 2 is 1.47 bits per heavy atom. The van der Waals surface area contributed by atoms with Gasteiger partial charge >= 0.3 is 0 Å². The van der Waals surface area contributed by atoms with E-state index in [-0.39, 0.29) is 11.5 Å². The van der Waals surface area contributed by atoms with Crippen molar-refractivity contribution in [3.63, 3.8) is 0 Å². The number of rotatable bonds is 5. The van der Waals surface area contributed by atoms with Crippen LogP contribution in [0, 0.1) is 0 Å². The Balaban J connectivity index is 1.90. The molecular weight excluding hydrogens is 240 g/mol. The van der Waals surface area contributed by atoms with Crippen molar-refractivity contribution in [2.45, 2.75) is 13.2 Å². The summed E-state index contributed by atoms with van der Waals surface area (Å²) in [7, 11) is 0. The van der Waals surface area contributed by atoms with Crippen LogP contribution in [0.25, 0.3) is 6.08 Å². The molecule has 0 atom stereocenters. The van der Waals surface area contributed by atoms with Gasteiger partial charge in [0, 0.05) is 6.07 Å². The van der Waals surface area contributed by atoms with Crippen LogP contribution in [0.3, 0.4) is 0 Å². The molecule has 0 heterocycles. The van der Waals surface area contributed by atoms with Crippen molar-refractivity contribution in [1.82, 2.24) is 0 Å². The maximum Gasteiger partial charge on any atom is 0.119 e. The highest BCUT2D eigenvalue weighted by Gasteiger charge is 2.00. The highest BCUT2D eigenvalue weighted by Crippen LogP contribution is 2.21. The lowest BCUT2D eigenvalue weighted by atomic mass is 10.1. The Morgan fingerprint density at radius 1 is 0.895 bits per heavy atom. The van der Waals surface area contributed by atoms with Crippen LogP contribution in [0.1, 0.15) is 16.7 Å². The van der Waals surface area contributed by atoms with Crippen molar-refractivity contribution < 1.29 is 14.9 Å². The molecule has 2 rings (SSSR count). The average molecular weight is 256 g/mol. The second-order valence-corrected chi connectivity index (χ2v) is 4.30. The van der Waals surface area contributed by atoms with E-state index in [1.165, 1.54) is 6.07 Å². The molecule has 0 aliphatic carbocycles. The lowest BCUT2D eigenvalue weighted by Gasteiger charge is -2.06. The summed E-state index contributed by atoms with van der Waals surface area (Å²) in [5.41, 5.74) is 2.87. The number of ether oxygens (including phenoxy) is 1. The number of benzene rings is 2. The van der Waals surface area contributed by atoms with E-state index in [4.69, 9.17) is 4.74 Å². The third-order valence-corrected chi connectivity index (χ3v) is 2.72. The normalized spacial score (nSPS) is 10.3. The minimum atomic E-state index is 0.0361. The summed E-state index contributed by atoms with van der Waals surface area (Å²) >= 11 is 0. The number of aromatic hydroxyl groups is 2. The van der Waals surface area contributed by atoms with Crippen LogP contribution >= 0.6 is 0 Å². The molecule has 0 aliphatic heterocycles. The maximum atomic E-state index is 9.34. The van der Waals surface area contributed by atoms with Crippen LogP contribution in [0.5, 0.6) is 11.5 Å². The molecular formula is C16H16O3. The highest BCUT2D eigenvalue weighted by molar-refractivity contribution is 5.47. The largest absolute Gasteiger partial charge is 0.508 e. The smallest absolute Gasteiger partial charge is 0.119 e. The van der Waals surface area contributed by atoms with Gasteiger partial charge < -0.3 is 14.9 Å². The van der Waals surface area contributed by atoms with E-state index in [0.717, 1.165) is 16.7 Å². The topological polar surface area (TPSA) is 49.7 Å². The van der Waals surface area contributed by atoms with E-state index >= 15 is 0 Å². The van der Waals surface area contributed by atoms with Gasteiger partial charge in [-0.2, -0.15) is 0 Å². The number of phenolic OH excluding ortho intramolecular Hbond substituents is 2. The van der Waals surface area contributed by atoms with Gasteiger partial charge in [0.1, 0.15) is 11.5 Å². The van der Waals surface area contributed by atoms with Crippen LogP contribution in [-0.4, -0.2) is 10.2 Å². The van der Waals surface area contributed by atoms with Crippen LogP contribution < -0.4 is 0 Å². The third-order valence-electron chi connectivity index (χ3n) is 2.72. The Kier molecular flexibility index (Phi) is 4.21. The number of hydrogen-bond acceptors (Lipinski definition) is 3. The summed E-state index contributed by atoms with van der Waals surface area (Å²) in [6, 6.07) is 12.4. The Hall–Kier alpha value is -2.26. The number of phenols is 2. The van der Waals surface area contributed by atoms with Crippen LogP contribution in [-0.2, 0) is 18.0 Å². The van der Waals surface area contributed by atoms with Crippen molar-refractivity contribution in [3.05, 3.63) is 65.7 Å². The fourth-order valence-electron chi connectivity index (χ4n) is 1.78. The standard InChI is InChI=1S/C16H16O3/c1-2-12-3-5-13(6-4-12)10-19-11-14-7-15(17)9-16(18)8-14/h2-9,17-18H,1,10-11H2. The van der Waals surface area contributed by atoms with E-state index in [9.17, 15) is 10.2 Å². The summed E-state index contributed by atoms with van der Waals surface area (Å²) in [5.74, 6) is 0.0721. The van der Waals surface area contributed by atoms with E-state index in [1.807, 2.05) is 24.3 Å². The Morgan fingerprint density at radius 3 is 2.05 bits per heavy atom. The van der Waals surface area contributed by atoms with Gasteiger partial charge in [-0.25, -0.2) is 0 Å². The average Bonchev–Trinajstić information content (AvgIpc) is 2.38. The molecule has 3 nitrogen and oxygen atoms in total. The van der Waals surface area contributed by atoms with Gasteiger partial charge in [-0.3, -0.25) is 0 Å². The monoisotopic (exact) mass is 256 g/mol. The van der Waals surface area contributed by atoms with Crippen LogP contribution in [0.2, 0.25) is 0 Å². The zero-order valence-electron chi connectivity index (χ0n) is 10.5. The molecule has 3 heteroatoms. The van der Waals surface area contributed by atoms with E-state index in [2.05, 4.69) is 6.58 Å². The van der Waals surface area contributed by atoms with E-state index in [1.54, 1.807) is 18.2 Å². The van der Waals surface area contributed by atoms with Crippen molar-refractivity contribution >= 4 is 6.08 Å². The predicted molar refractivity (Wildman–Crippen MR) is 74.8 cm³/mol. The molecule has 98 valence electrons. The lowest BCUT2D eigenvalue weighted by molar-refractivity contribution is 0.107. The molecule has 19 heavy (non-hydrogen) atoms. The molecule has 0 aromatic heterocycles. The van der Waals surface area contributed by atoms with Crippen LogP contribution in [0.4, 0.5) is 0 Å². The summed E-state index contributed by atoms with van der Waals surface area (Å²) < 4.78 is 5.54. The van der Waals surface area contributed by atoms with Crippen molar-refractivity contribution in [3.8, 4) is 11.5 Å². The zero-order valence-corrected chi connectivity index (χ0v) is 10.5. The molecule has 0 radical (unpaired) electrons. The maximum absolute atomic E-state index is 9.34. The predicted octanol–water partition coefficient (Wildman–Crippen LogP) is 3.46. The quantitative estimate of drug-likeness (QED) is 0.861. The molecule has 0 amide bonds. The minimum Gasteiger partial charge on any atom is -0.508 e. The third kappa shape index (κ3) is 3.86. The molecule has 0 unspecified atom stereocenters. The van der Waals surface area contributed by atoms with Crippen molar-refractivity contribution in [1.29, 1.82) is 0 Å². The van der Waals surface area contributed by atoms with E-state index < -0.39 is 0 Å². The first-order valence-corrected chi connectivity index (χ1v) is 5.98. The second-order valence-electron chi connectivity index (χ2n) is 4.30. The summed E-state index contributed by atoms with van der Waals surface area (Å²) in [5, 5.41) is 18.7. The molecule has 2 aromatic carbocycles. The number of hydrogen-bond donors (Lipinski definition) is 2. The Bertz CT molecular complexity index is 538. The van der Waals surface area contributed by atoms with Gasteiger partial charge in [0.05, 0.1) is 13.2 Å². The summed E-state index contributed by atoms with van der Waals surface area (Å²) in [4.78, 5) is 0. The molecule has 2 N–H and O–H groups in total. The van der Waals surface area contributed by atoms with Gasteiger partial charge in [0.2, 0.25) is 0 Å². The lowest BCUT2D eigenvalue weighted by Crippen LogP contribution is -1.94. The van der Waals surface area contributed by atoms with Gasteiger partial charge in [0.25, 0.3) is 0 Å². The van der Waals surface area contributed by atoms with Crippen molar-refractivity contribution in [2.75, 3.05) is 0 Å². The zero-order chi connectivity index (χ0) is 13.7. The van der Waals surface area contributed by atoms with E-state index in [0.29, 0.717) is 13.2 Å². The summed E-state index contributed by atoms with van der Waals surface area (Å²) in [6.45, 7) is 4.52. The molecule has 0 saturated heterocycles. The fraction of sp³-hybridized carbons (Fsp3) is 0.125. The molecule has 0 saturated carbocycles. The summed E-state index contributed by atoms with van der Waals surface area (Å²) in [6.07, 6.45) is 1.79. The second kappa shape index (κ2) is 6.07. The SMILES string of the molecule is C=Cc1ccc(COCc2cc(O)cc(O)c2)cc1. The molecule has 0 spiro atoms. The van der Waals surface area contributed by atoms with Gasteiger partial charge in [-0.05, 0) is 28.8 Å². The van der Waals surface area contributed by atoms with Gasteiger partial charge in [-0.1, -0.05) is 36.9 Å². The highest BCUT2D eigenvalue weighted by atomic mass is 16.5. The van der Waals surface area contributed by atoms with Crippen molar-refractivity contribution in [2.24, 2.45) is 0 Å².